The number of benzene rings is 2. The molecule has 2 heterocycles. The van der Waals surface area contributed by atoms with Crippen molar-refractivity contribution in [2.75, 3.05) is 4.90 Å². The Balaban J connectivity index is 1.92. The average molecular weight is 420 g/mol. The van der Waals surface area contributed by atoms with Crippen LogP contribution in [0.1, 0.15) is 37.5 Å². The number of phenols is 1. The fourth-order valence-corrected chi connectivity index (χ4v) is 4.63. The number of hydrogen-bond donors (Lipinski definition) is 2. The molecular formula is C23H20N2O4S. The minimum atomic E-state index is -0.874. The first-order valence-corrected chi connectivity index (χ1v) is 10.2. The minimum absolute atomic E-state index is 0.00662. The molecule has 0 radical (unpaired) electrons. The predicted octanol–water partition coefficient (Wildman–Crippen LogP) is 4.56. The number of ketones is 1. The number of carbonyl (C=O) groups is 2. The smallest absolute Gasteiger partial charge is 0.294 e. The van der Waals surface area contributed by atoms with E-state index in [1.165, 1.54) is 28.4 Å². The summed E-state index contributed by atoms with van der Waals surface area (Å²) in [7, 11) is 0. The van der Waals surface area contributed by atoms with Gasteiger partial charge in [-0.15, -0.1) is 11.3 Å². The highest BCUT2D eigenvalue weighted by atomic mass is 32.1. The van der Waals surface area contributed by atoms with E-state index in [1.54, 1.807) is 32.0 Å². The van der Waals surface area contributed by atoms with Gasteiger partial charge in [0.25, 0.3) is 5.91 Å². The molecule has 0 aliphatic carbocycles. The summed E-state index contributed by atoms with van der Waals surface area (Å²) in [5, 5.41) is 21.5. The number of nitrogens with zero attached hydrogens (tertiary/aromatic N) is 2. The van der Waals surface area contributed by atoms with Crippen LogP contribution in [0.4, 0.5) is 5.69 Å². The van der Waals surface area contributed by atoms with Gasteiger partial charge in [0.1, 0.15) is 5.75 Å². The highest BCUT2D eigenvalue weighted by Gasteiger charge is 2.45. The van der Waals surface area contributed by atoms with Crippen molar-refractivity contribution in [3.8, 4) is 5.75 Å². The normalized spacial score (nSPS) is 16.4. The number of aryl methyl sites for hydroxylation is 3. The maximum atomic E-state index is 13.5. The molecule has 6 nitrogen and oxygen atoms in total. The number of aromatic nitrogens is 1. The molecule has 3 aromatic rings. The third-order valence-corrected chi connectivity index (χ3v) is 6.10. The van der Waals surface area contributed by atoms with Crippen molar-refractivity contribution in [3.05, 3.63) is 86.6 Å². The molecule has 0 fully saturated rings. The third-order valence-electron chi connectivity index (χ3n) is 5.03. The van der Waals surface area contributed by atoms with Gasteiger partial charge in [0.15, 0.2) is 5.76 Å². The zero-order valence-electron chi connectivity index (χ0n) is 16.7. The summed E-state index contributed by atoms with van der Waals surface area (Å²) in [6.07, 6.45) is 0. The van der Waals surface area contributed by atoms with Crippen molar-refractivity contribution in [2.45, 2.75) is 26.8 Å². The number of phenolic OH excluding ortho intramolecular Hbond substituents is 1. The van der Waals surface area contributed by atoms with Crippen LogP contribution in [0.2, 0.25) is 0 Å². The Bertz CT molecular complexity index is 1210. The van der Waals surface area contributed by atoms with Crippen LogP contribution < -0.4 is 4.90 Å². The van der Waals surface area contributed by atoms with Crippen LogP contribution in [0.25, 0.3) is 0 Å². The second-order valence-corrected chi connectivity index (χ2v) is 8.45. The number of rotatable bonds is 4. The van der Waals surface area contributed by atoms with Gasteiger partial charge in [-0.05, 0) is 56.2 Å². The van der Waals surface area contributed by atoms with Crippen LogP contribution >= 0.6 is 11.3 Å². The summed E-state index contributed by atoms with van der Waals surface area (Å²) >= 11 is 1.23. The van der Waals surface area contributed by atoms with E-state index in [1.807, 2.05) is 25.1 Å². The second-order valence-electron chi connectivity index (χ2n) is 7.25. The molecule has 1 unspecified atom stereocenters. The van der Waals surface area contributed by atoms with Crippen molar-refractivity contribution in [2.24, 2.45) is 0 Å². The topological polar surface area (TPSA) is 90.7 Å². The molecule has 1 aliphatic heterocycles. The second kappa shape index (κ2) is 7.42. The molecule has 0 saturated carbocycles. The Morgan fingerprint density at radius 2 is 1.80 bits per heavy atom. The molecule has 7 heteroatoms. The number of aromatic hydroxyl groups is 1. The van der Waals surface area contributed by atoms with E-state index in [2.05, 4.69) is 4.98 Å². The number of aliphatic hydroxyl groups is 1. The Kier molecular flexibility index (Phi) is 4.91. The molecule has 0 bridgehead atoms. The number of amides is 1. The van der Waals surface area contributed by atoms with Gasteiger partial charge in [0.05, 0.1) is 27.2 Å². The third kappa shape index (κ3) is 3.27. The summed E-state index contributed by atoms with van der Waals surface area (Å²) in [6, 6.07) is 12.8. The maximum absolute atomic E-state index is 13.5. The van der Waals surface area contributed by atoms with E-state index in [-0.39, 0.29) is 11.3 Å². The summed E-state index contributed by atoms with van der Waals surface area (Å²) < 4.78 is 0. The van der Waals surface area contributed by atoms with Crippen molar-refractivity contribution in [3.63, 3.8) is 0 Å². The molecular weight excluding hydrogens is 400 g/mol. The van der Waals surface area contributed by atoms with E-state index in [4.69, 9.17) is 0 Å². The summed E-state index contributed by atoms with van der Waals surface area (Å²) in [5.74, 6) is -1.67. The van der Waals surface area contributed by atoms with Crippen LogP contribution in [0.5, 0.6) is 5.75 Å². The van der Waals surface area contributed by atoms with Crippen molar-refractivity contribution in [1.29, 1.82) is 0 Å². The number of hydrogen-bond acceptors (Lipinski definition) is 6. The summed E-state index contributed by atoms with van der Waals surface area (Å²) in [4.78, 5) is 32.7. The van der Waals surface area contributed by atoms with Crippen LogP contribution in [-0.2, 0) is 4.79 Å². The lowest BCUT2D eigenvalue weighted by atomic mass is 9.94. The molecule has 30 heavy (non-hydrogen) atoms. The number of anilines is 1. The Labute approximate surface area is 177 Å². The quantitative estimate of drug-likeness (QED) is 0.604. The lowest BCUT2D eigenvalue weighted by molar-refractivity contribution is -0.117. The number of carbonyl (C=O) groups excluding carboxylic acids is 2. The Hall–Kier alpha value is -3.45. The van der Waals surface area contributed by atoms with Crippen molar-refractivity contribution >= 4 is 28.7 Å². The first-order chi connectivity index (χ1) is 14.3. The highest BCUT2D eigenvalue weighted by Crippen LogP contribution is 2.43. The molecule has 152 valence electrons. The van der Waals surface area contributed by atoms with Gasteiger partial charge in [0, 0.05) is 5.69 Å². The van der Waals surface area contributed by atoms with Gasteiger partial charge >= 0.3 is 0 Å². The molecule has 4 rings (SSSR count). The zero-order chi connectivity index (χ0) is 21.6. The standard InChI is InChI=1S/C23H20N2O4S/c1-12-6-4-8-16(10-12)25-19(15-7-5-9-17(26)11-15)18(21(28)23(25)29)20(27)22-13(2)24-14(3)30-22/h4-11,19,26,28H,1-3H3. The SMILES string of the molecule is Cc1cccc(N2C(=O)C(O)=C(C(=O)c3sc(C)nc3C)C2c2cccc(O)c2)c1. The van der Waals surface area contributed by atoms with Crippen molar-refractivity contribution in [1.82, 2.24) is 4.98 Å². The lowest BCUT2D eigenvalue weighted by Crippen LogP contribution is -2.31. The van der Waals surface area contributed by atoms with E-state index < -0.39 is 23.5 Å². The Morgan fingerprint density at radius 1 is 1.07 bits per heavy atom. The molecule has 1 atom stereocenters. The van der Waals surface area contributed by atoms with E-state index in [0.29, 0.717) is 21.8 Å². The van der Waals surface area contributed by atoms with Crippen molar-refractivity contribution < 1.29 is 19.8 Å². The van der Waals surface area contributed by atoms with E-state index >= 15 is 0 Å². The van der Waals surface area contributed by atoms with E-state index in [9.17, 15) is 19.8 Å². The molecule has 2 N–H and O–H groups in total. The fourth-order valence-electron chi connectivity index (χ4n) is 3.76. The molecule has 0 saturated heterocycles. The monoisotopic (exact) mass is 420 g/mol. The maximum Gasteiger partial charge on any atom is 0.294 e. The molecule has 1 aromatic heterocycles. The Morgan fingerprint density at radius 3 is 2.43 bits per heavy atom. The fraction of sp³-hybridized carbons (Fsp3) is 0.174. The van der Waals surface area contributed by atoms with Gasteiger partial charge in [-0.3, -0.25) is 14.5 Å². The van der Waals surface area contributed by atoms with Crippen LogP contribution in [0, 0.1) is 20.8 Å². The van der Waals surface area contributed by atoms with Crippen LogP contribution in [-0.4, -0.2) is 26.9 Å². The van der Waals surface area contributed by atoms with Crippen LogP contribution in [0.3, 0.4) is 0 Å². The zero-order valence-corrected chi connectivity index (χ0v) is 17.5. The minimum Gasteiger partial charge on any atom is -0.508 e. The largest absolute Gasteiger partial charge is 0.508 e. The summed E-state index contributed by atoms with van der Waals surface area (Å²) in [6.45, 7) is 5.43. The van der Waals surface area contributed by atoms with Gasteiger partial charge in [-0.25, -0.2) is 4.98 Å². The van der Waals surface area contributed by atoms with E-state index in [0.717, 1.165) is 10.6 Å². The van der Waals surface area contributed by atoms with Gasteiger partial charge in [-0.1, -0.05) is 24.3 Å². The number of thiazole rings is 1. The molecule has 2 aromatic carbocycles. The summed E-state index contributed by atoms with van der Waals surface area (Å²) in [5.41, 5.74) is 2.55. The first-order valence-electron chi connectivity index (χ1n) is 9.39. The molecule has 0 spiro atoms. The van der Waals surface area contributed by atoms with Gasteiger partial charge < -0.3 is 10.2 Å². The molecule has 1 amide bonds. The number of Topliss-reactive ketones (excluding diaryl/α,β-unsaturated/α-hetero) is 1. The van der Waals surface area contributed by atoms with Gasteiger partial charge in [0.2, 0.25) is 5.78 Å². The molecule has 1 aliphatic rings. The number of aliphatic hydroxyl groups excluding tert-OH is 1. The lowest BCUT2D eigenvalue weighted by Gasteiger charge is -2.27. The predicted molar refractivity (Wildman–Crippen MR) is 115 cm³/mol. The van der Waals surface area contributed by atoms with Gasteiger partial charge in [-0.2, -0.15) is 0 Å². The first kappa shape index (κ1) is 19.8. The highest BCUT2D eigenvalue weighted by molar-refractivity contribution is 7.14. The average Bonchev–Trinajstić information content (AvgIpc) is 3.17. The van der Waals surface area contributed by atoms with Crippen LogP contribution in [0.15, 0.2) is 59.9 Å².